The van der Waals surface area contributed by atoms with Crippen molar-refractivity contribution in [3.63, 3.8) is 0 Å². The molecule has 8 aromatic rings. The molecule has 8 bridgehead atoms. The van der Waals surface area contributed by atoms with Crippen LogP contribution in [0.3, 0.4) is 0 Å². The summed E-state index contributed by atoms with van der Waals surface area (Å²) in [5, 5.41) is 3.85. The maximum atomic E-state index is 4.47. The van der Waals surface area contributed by atoms with Crippen LogP contribution < -0.4 is 21.4 Å². The Kier molecular flexibility index (Phi) is 6.61. The molecule has 4 N–H and O–H groups in total. The molecule has 0 aromatic carbocycles. The SMILES string of the molecule is c1cncc(C2=c3ccc([nH]3)=C(c3ccncc3)c3ccc([nH]3)C(c3cccnc3)=c3ccc([nH]3)=C(c3cccnc3)c3ccc2[nH]3)c1. The highest BCUT2D eigenvalue weighted by atomic mass is 14.8. The highest BCUT2D eigenvalue weighted by molar-refractivity contribution is 5.84. The predicted molar refractivity (Wildman–Crippen MR) is 185 cm³/mol. The molecule has 0 unspecified atom stereocenters. The number of nitrogens with zero attached hydrogens (tertiary/aromatic N) is 4. The van der Waals surface area contributed by atoms with Gasteiger partial charge in [-0.15, -0.1) is 0 Å². The van der Waals surface area contributed by atoms with Gasteiger partial charge < -0.3 is 19.9 Å². The second-order valence-corrected chi connectivity index (χ2v) is 11.6. The molecular weight excluding hydrogens is 592 g/mol. The van der Waals surface area contributed by atoms with Crippen LogP contribution in [0.4, 0.5) is 0 Å². The third kappa shape index (κ3) is 4.80. The van der Waals surface area contributed by atoms with E-state index in [0.717, 1.165) is 88.7 Å². The first-order valence-corrected chi connectivity index (χ1v) is 15.7. The van der Waals surface area contributed by atoms with Gasteiger partial charge >= 0.3 is 0 Å². The van der Waals surface area contributed by atoms with Gasteiger partial charge in [-0.1, -0.05) is 18.2 Å². The lowest BCUT2D eigenvalue weighted by Gasteiger charge is -2.09. The summed E-state index contributed by atoms with van der Waals surface area (Å²) in [5.74, 6) is 0. The molecule has 0 fully saturated rings. The van der Waals surface area contributed by atoms with Gasteiger partial charge in [0.2, 0.25) is 0 Å². The summed E-state index contributed by atoms with van der Waals surface area (Å²) in [6.45, 7) is 0. The molecule has 228 valence electrons. The summed E-state index contributed by atoms with van der Waals surface area (Å²) in [4.78, 5) is 32.8. The number of aromatic amines is 4. The molecule has 0 amide bonds. The molecule has 9 rings (SSSR count). The van der Waals surface area contributed by atoms with Gasteiger partial charge in [-0.25, -0.2) is 0 Å². The summed E-state index contributed by atoms with van der Waals surface area (Å²) in [6.07, 6.45) is 14.7. The van der Waals surface area contributed by atoms with Gasteiger partial charge in [0.1, 0.15) is 0 Å². The third-order valence-corrected chi connectivity index (χ3v) is 8.72. The zero-order chi connectivity index (χ0) is 31.9. The van der Waals surface area contributed by atoms with Crippen molar-refractivity contribution in [2.45, 2.75) is 0 Å². The summed E-state index contributed by atoms with van der Waals surface area (Å²) in [6, 6.07) is 33.3. The molecule has 48 heavy (non-hydrogen) atoms. The minimum Gasteiger partial charge on any atom is -0.354 e. The summed E-state index contributed by atoms with van der Waals surface area (Å²) in [5.41, 5.74) is 11.9. The number of pyridine rings is 4. The van der Waals surface area contributed by atoms with E-state index >= 15 is 0 Å². The van der Waals surface area contributed by atoms with Crippen molar-refractivity contribution in [1.82, 2.24) is 39.9 Å². The number of hydrogen-bond donors (Lipinski definition) is 4. The van der Waals surface area contributed by atoms with Gasteiger partial charge in [0.15, 0.2) is 0 Å². The minimum atomic E-state index is 0.959. The summed E-state index contributed by atoms with van der Waals surface area (Å²) < 4.78 is 0. The van der Waals surface area contributed by atoms with Crippen molar-refractivity contribution in [1.29, 1.82) is 0 Å². The zero-order valence-electron chi connectivity index (χ0n) is 25.6. The number of aromatic nitrogens is 8. The standard InChI is InChI=1S/C40H28N8/c1-4-26(22-42-17-1)38-31-9-7-29(45-31)37(25-15-20-41-21-16-25)30-8-10-32(46-30)39(27-5-2-18-43-23-27)34-12-14-36(48-34)40(28-6-3-19-44-24-28)35-13-11-33(38)47-35/h1-24,45-48H. The van der Waals surface area contributed by atoms with Crippen LogP contribution in [0.25, 0.3) is 22.3 Å². The van der Waals surface area contributed by atoms with Crippen LogP contribution in [0.5, 0.6) is 0 Å². The molecule has 0 atom stereocenters. The third-order valence-electron chi connectivity index (χ3n) is 8.72. The van der Waals surface area contributed by atoms with Crippen molar-refractivity contribution in [3.05, 3.63) is 213 Å². The topological polar surface area (TPSA) is 115 Å². The summed E-state index contributed by atoms with van der Waals surface area (Å²) in [7, 11) is 0. The lowest BCUT2D eigenvalue weighted by atomic mass is 10.0. The maximum absolute atomic E-state index is 4.47. The Balaban J connectivity index is 1.44. The van der Waals surface area contributed by atoms with E-state index in [9.17, 15) is 0 Å². The Morgan fingerprint density at radius 2 is 0.646 bits per heavy atom. The van der Waals surface area contributed by atoms with Crippen molar-refractivity contribution in [2.24, 2.45) is 0 Å². The fourth-order valence-corrected chi connectivity index (χ4v) is 6.62. The van der Waals surface area contributed by atoms with Crippen LogP contribution in [0, 0.1) is 0 Å². The second kappa shape index (κ2) is 11.5. The molecular formula is C40H28N8. The second-order valence-electron chi connectivity index (χ2n) is 11.6. The Labute approximate surface area is 274 Å². The number of nitrogens with one attached hydrogen (secondary N) is 4. The normalized spacial score (nSPS) is 12.8. The number of rotatable bonds is 4. The molecule has 8 nitrogen and oxygen atoms in total. The van der Waals surface area contributed by atoms with Crippen LogP contribution in [-0.2, 0) is 0 Å². The highest BCUT2D eigenvalue weighted by Gasteiger charge is 2.18. The smallest absolute Gasteiger partial charge is 0.0486 e. The fraction of sp³-hybridized carbons (Fsp3) is 0. The first kappa shape index (κ1) is 27.5. The lowest BCUT2D eigenvalue weighted by molar-refractivity contribution is 1.18. The van der Waals surface area contributed by atoms with Gasteiger partial charge in [-0.3, -0.25) is 19.9 Å². The maximum Gasteiger partial charge on any atom is 0.0486 e. The predicted octanol–water partition coefficient (Wildman–Crippen LogP) is 3.88. The van der Waals surface area contributed by atoms with E-state index in [4.69, 9.17) is 0 Å². The van der Waals surface area contributed by atoms with Gasteiger partial charge in [0, 0.05) is 133 Å². The van der Waals surface area contributed by atoms with Gasteiger partial charge in [0.25, 0.3) is 0 Å². The number of fused-ring (bicyclic) bond motifs is 8. The molecule has 8 heteroatoms. The van der Waals surface area contributed by atoms with Crippen LogP contribution in [0.2, 0.25) is 0 Å². The Hall–Kier alpha value is -6.80. The Morgan fingerprint density at radius 1 is 0.292 bits per heavy atom. The molecule has 9 heterocycles. The van der Waals surface area contributed by atoms with Crippen LogP contribution in [-0.4, -0.2) is 39.9 Å². The molecule has 1 aliphatic heterocycles. The quantitative estimate of drug-likeness (QED) is 0.239. The minimum absolute atomic E-state index is 0.959. The first-order chi connectivity index (χ1) is 23.8. The van der Waals surface area contributed by atoms with E-state index in [1.807, 2.05) is 61.3 Å². The van der Waals surface area contributed by atoms with E-state index in [1.165, 1.54) is 0 Å². The lowest BCUT2D eigenvalue weighted by Crippen LogP contribution is -2.19. The largest absolute Gasteiger partial charge is 0.354 e. The first-order valence-electron chi connectivity index (χ1n) is 15.7. The van der Waals surface area contributed by atoms with Crippen LogP contribution in [0.1, 0.15) is 45.0 Å². The van der Waals surface area contributed by atoms with Gasteiger partial charge in [0.05, 0.1) is 0 Å². The Bertz CT molecular complexity index is 2280. The van der Waals surface area contributed by atoms with Crippen molar-refractivity contribution < 1.29 is 0 Å². The fourth-order valence-electron chi connectivity index (χ4n) is 6.62. The van der Waals surface area contributed by atoms with E-state index in [2.05, 4.69) is 107 Å². The molecule has 0 radical (unpaired) electrons. The van der Waals surface area contributed by atoms with Crippen LogP contribution in [0.15, 0.2) is 147 Å². The average molecular weight is 621 g/mol. The summed E-state index contributed by atoms with van der Waals surface area (Å²) >= 11 is 0. The zero-order valence-corrected chi connectivity index (χ0v) is 25.6. The monoisotopic (exact) mass is 620 g/mol. The van der Waals surface area contributed by atoms with Crippen molar-refractivity contribution >= 4 is 22.3 Å². The molecule has 1 aliphatic rings. The molecule has 0 spiro atoms. The van der Waals surface area contributed by atoms with E-state index in [1.54, 1.807) is 18.6 Å². The molecule has 0 saturated heterocycles. The van der Waals surface area contributed by atoms with E-state index in [-0.39, 0.29) is 0 Å². The number of hydrogen-bond acceptors (Lipinski definition) is 4. The molecule has 0 saturated carbocycles. The Morgan fingerprint density at radius 3 is 0.979 bits per heavy atom. The van der Waals surface area contributed by atoms with Crippen molar-refractivity contribution in [2.75, 3.05) is 0 Å². The van der Waals surface area contributed by atoms with Gasteiger partial charge in [-0.05, 0) is 84.4 Å². The average Bonchev–Trinajstić information content (AvgIpc) is 3.98. The van der Waals surface area contributed by atoms with Crippen molar-refractivity contribution in [3.8, 4) is 0 Å². The van der Waals surface area contributed by atoms with E-state index < -0.39 is 0 Å². The van der Waals surface area contributed by atoms with Gasteiger partial charge in [-0.2, -0.15) is 0 Å². The van der Waals surface area contributed by atoms with E-state index in [0.29, 0.717) is 0 Å². The molecule has 8 aromatic heterocycles. The van der Waals surface area contributed by atoms with Crippen LogP contribution >= 0.6 is 0 Å². The molecule has 0 aliphatic carbocycles. The number of H-pyrrole nitrogens is 4. The highest BCUT2D eigenvalue weighted by Crippen LogP contribution is 2.27.